The summed E-state index contributed by atoms with van der Waals surface area (Å²) in [7, 11) is 0.492. The molecule has 4 fully saturated rings. The molecule has 4 aliphatic rings. The van der Waals surface area contributed by atoms with Gasteiger partial charge in [0.05, 0.1) is 24.8 Å². The summed E-state index contributed by atoms with van der Waals surface area (Å²) in [6.07, 6.45) is 0.836. The number of anilines is 1. The number of hydrogen-bond acceptors (Lipinski definition) is 15. The van der Waals surface area contributed by atoms with Gasteiger partial charge in [-0.2, -0.15) is 0 Å². The molecule has 6 rings (SSSR count). The number of hydrogen-bond donors (Lipinski definition) is 3. The SMILES string of the molecule is COc1c(CC(NC(=O)/C(=N\OC(C)(C)C(=O)OC(C)(C)C)c2csc(NC(=O)CNC(=O)OC(C)(C)C)n2)B2OC3CC4CC(C4(C)C)C3(C)O2)cccc1C(=O)OC(C)(C)C. The van der Waals surface area contributed by atoms with Crippen molar-refractivity contribution in [2.24, 2.45) is 22.4 Å². The number of benzene rings is 1. The Bertz CT molecular complexity index is 2100. The van der Waals surface area contributed by atoms with E-state index in [1.165, 1.54) is 26.3 Å². The molecule has 1 aliphatic heterocycles. The first-order valence-electron chi connectivity index (χ1n) is 21.2. The van der Waals surface area contributed by atoms with E-state index in [0.29, 0.717) is 11.5 Å². The van der Waals surface area contributed by atoms with Crippen LogP contribution in [0.15, 0.2) is 28.7 Å². The van der Waals surface area contributed by atoms with E-state index in [9.17, 15) is 24.0 Å². The Hall–Kier alpha value is -4.75. The maximum absolute atomic E-state index is 14.8. The minimum atomic E-state index is -1.66. The molecule has 3 aliphatic carbocycles. The van der Waals surface area contributed by atoms with Crippen molar-refractivity contribution in [2.45, 2.75) is 156 Å². The number of nitrogens with one attached hydrogen (secondary N) is 3. The second-order valence-corrected chi connectivity index (χ2v) is 21.5. The van der Waals surface area contributed by atoms with E-state index in [1.54, 1.807) is 80.5 Å². The van der Waals surface area contributed by atoms with Crippen molar-refractivity contribution in [3.05, 3.63) is 40.4 Å². The van der Waals surface area contributed by atoms with Gasteiger partial charge in [0.15, 0.2) is 10.8 Å². The number of esters is 2. The van der Waals surface area contributed by atoms with Crippen LogP contribution in [-0.4, -0.2) is 101 Å². The number of thiazole rings is 1. The lowest BCUT2D eigenvalue weighted by atomic mass is 9.43. The molecule has 1 saturated heterocycles. The summed E-state index contributed by atoms with van der Waals surface area (Å²) in [6, 6.07) is 5.10. The fourth-order valence-corrected chi connectivity index (χ4v) is 8.82. The summed E-state index contributed by atoms with van der Waals surface area (Å²) >= 11 is 0.988. The molecule has 3 amide bonds. The van der Waals surface area contributed by atoms with Crippen LogP contribution >= 0.6 is 11.3 Å². The summed E-state index contributed by atoms with van der Waals surface area (Å²) in [5.41, 5.74) is -4.25. The second kappa shape index (κ2) is 18.0. The van der Waals surface area contributed by atoms with E-state index in [1.807, 2.05) is 0 Å². The van der Waals surface area contributed by atoms with Crippen LogP contribution in [0.5, 0.6) is 5.75 Å². The fraction of sp³-hybridized carbons (Fsp3) is 0.659. The number of para-hydroxylation sites is 1. The molecule has 2 bridgehead atoms. The number of methoxy groups -OCH3 is 1. The largest absolute Gasteiger partial charge is 0.496 e. The minimum absolute atomic E-state index is 0.00685. The van der Waals surface area contributed by atoms with Crippen LogP contribution in [0.3, 0.4) is 0 Å². The summed E-state index contributed by atoms with van der Waals surface area (Å²) in [5, 5.41) is 13.8. The predicted octanol–water partition coefficient (Wildman–Crippen LogP) is 6.41. The molecule has 1 aromatic heterocycles. The highest BCUT2D eigenvalue weighted by atomic mass is 32.1. The Balaban J connectivity index is 1.49. The quantitative estimate of drug-likeness (QED) is 0.0617. The van der Waals surface area contributed by atoms with Crippen LogP contribution in [0, 0.1) is 17.3 Å². The molecule has 3 N–H and O–H groups in total. The first-order chi connectivity index (χ1) is 28.9. The second-order valence-electron chi connectivity index (χ2n) is 20.6. The first-order valence-corrected chi connectivity index (χ1v) is 22.1. The minimum Gasteiger partial charge on any atom is -0.496 e. The van der Waals surface area contributed by atoms with E-state index < -0.39 is 77.5 Å². The average Bonchev–Trinajstić information content (AvgIpc) is 3.75. The van der Waals surface area contributed by atoms with Gasteiger partial charge in [0.1, 0.15) is 40.4 Å². The molecule has 346 valence electrons. The van der Waals surface area contributed by atoms with Crippen LogP contribution < -0.4 is 20.7 Å². The predicted molar refractivity (Wildman–Crippen MR) is 236 cm³/mol. The average molecular weight is 898 g/mol. The number of nitrogens with zero attached hydrogens (tertiary/aromatic N) is 2. The fourth-order valence-electron chi connectivity index (χ4n) is 8.11. The molecule has 19 heteroatoms. The van der Waals surface area contributed by atoms with Crippen molar-refractivity contribution >= 4 is 59.1 Å². The summed E-state index contributed by atoms with van der Waals surface area (Å²) in [5.74, 6) is -2.70. The smallest absolute Gasteiger partial charge is 0.482 e. The molecule has 2 heterocycles. The van der Waals surface area contributed by atoms with Crippen LogP contribution in [0.4, 0.5) is 9.93 Å². The summed E-state index contributed by atoms with van der Waals surface area (Å²) in [6.45, 7) is 24.6. The van der Waals surface area contributed by atoms with E-state index in [2.05, 4.69) is 46.9 Å². The molecular formula is C44H64BN5O12S. The number of oxime groups is 1. The van der Waals surface area contributed by atoms with Crippen molar-refractivity contribution in [2.75, 3.05) is 19.0 Å². The maximum Gasteiger partial charge on any atom is 0.482 e. The molecule has 5 atom stereocenters. The van der Waals surface area contributed by atoms with Crippen LogP contribution in [0.2, 0.25) is 0 Å². The zero-order valence-corrected chi connectivity index (χ0v) is 40.0. The van der Waals surface area contributed by atoms with Crippen molar-refractivity contribution in [1.29, 1.82) is 0 Å². The Morgan fingerprint density at radius 1 is 0.937 bits per heavy atom. The van der Waals surface area contributed by atoms with Crippen molar-refractivity contribution < 1.29 is 57.1 Å². The Kier molecular flexibility index (Phi) is 14.1. The van der Waals surface area contributed by atoms with Gasteiger partial charge in [-0.3, -0.25) is 9.59 Å². The van der Waals surface area contributed by atoms with Crippen molar-refractivity contribution in [3.8, 4) is 5.75 Å². The topological polar surface area (TPSA) is 211 Å². The number of alkyl carbamates (subject to hydrolysis) is 1. The summed E-state index contributed by atoms with van der Waals surface area (Å²) in [4.78, 5) is 76.6. The zero-order valence-electron chi connectivity index (χ0n) is 39.2. The van der Waals surface area contributed by atoms with Gasteiger partial charge in [0, 0.05) is 5.38 Å². The number of aromatic nitrogens is 1. The number of carbonyl (C=O) groups is 5. The molecule has 1 aromatic carbocycles. The third kappa shape index (κ3) is 11.9. The third-order valence-corrected chi connectivity index (χ3v) is 12.0. The molecule has 63 heavy (non-hydrogen) atoms. The molecule has 5 unspecified atom stereocenters. The maximum atomic E-state index is 14.8. The highest BCUT2D eigenvalue weighted by Gasteiger charge is 2.68. The van der Waals surface area contributed by atoms with E-state index in [0.717, 1.165) is 24.2 Å². The molecule has 17 nitrogen and oxygen atoms in total. The third-order valence-electron chi connectivity index (χ3n) is 11.2. The van der Waals surface area contributed by atoms with Crippen LogP contribution in [0.25, 0.3) is 0 Å². The first kappa shape index (κ1) is 49.3. The molecular weight excluding hydrogens is 833 g/mol. The lowest BCUT2D eigenvalue weighted by Crippen LogP contribution is -2.65. The van der Waals surface area contributed by atoms with E-state index in [-0.39, 0.29) is 51.7 Å². The van der Waals surface area contributed by atoms with Gasteiger partial charge >= 0.3 is 25.2 Å². The van der Waals surface area contributed by atoms with E-state index >= 15 is 0 Å². The highest BCUT2D eigenvalue weighted by molar-refractivity contribution is 7.14. The Labute approximate surface area is 374 Å². The Morgan fingerprint density at radius 3 is 2.19 bits per heavy atom. The number of ether oxygens (including phenoxy) is 4. The molecule has 0 radical (unpaired) electrons. The zero-order chi connectivity index (χ0) is 47.1. The highest BCUT2D eigenvalue weighted by Crippen LogP contribution is 2.65. The molecule has 3 saturated carbocycles. The van der Waals surface area contributed by atoms with Gasteiger partial charge in [-0.05, 0) is 131 Å². The summed E-state index contributed by atoms with van der Waals surface area (Å²) < 4.78 is 35.9. The number of amides is 3. The van der Waals surface area contributed by atoms with Gasteiger partial charge in [0.2, 0.25) is 11.5 Å². The van der Waals surface area contributed by atoms with Gasteiger partial charge < -0.3 is 49.0 Å². The molecule has 0 spiro atoms. The number of carbonyl (C=O) groups excluding carboxylic acids is 5. The van der Waals surface area contributed by atoms with E-state index in [4.69, 9.17) is 33.1 Å². The monoisotopic (exact) mass is 897 g/mol. The van der Waals surface area contributed by atoms with Crippen molar-refractivity contribution in [3.63, 3.8) is 0 Å². The van der Waals surface area contributed by atoms with Crippen molar-refractivity contribution in [1.82, 2.24) is 15.6 Å². The number of rotatable bonds is 14. The van der Waals surface area contributed by atoms with Gasteiger partial charge in [-0.1, -0.05) is 31.1 Å². The van der Waals surface area contributed by atoms with Crippen LogP contribution in [0.1, 0.15) is 131 Å². The lowest BCUT2D eigenvalue weighted by molar-refractivity contribution is -0.199. The lowest BCUT2D eigenvalue weighted by Gasteiger charge is -2.64. The normalized spacial score (nSPS) is 22.4. The standard InChI is InChI=1S/C44H64BN5O12S/c1-39(2,3)57-35(53)26-18-16-17-24(33(26)56-15)19-30(45-60-29-21-25-20-28(42(25,10)11)44(29,14)61-45)48-34(52)32(50-62-43(12,13)36(54)58-40(4,5)6)27-23-63-37(47-27)49-31(51)22-46-38(55)59-41(7,8)9/h16-18,23,25,28-30H,19-22H2,1-15H3,(H,46,55)(H,48,52)(H,47,49,51)/b50-32-. The van der Waals surface area contributed by atoms with Gasteiger partial charge in [0.25, 0.3) is 5.91 Å². The Morgan fingerprint density at radius 2 is 1.59 bits per heavy atom. The van der Waals surface area contributed by atoms with Gasteiger partial charge in [-0.15, -0.1) is 11.3 Å². The van der Waals surface area contributed by atoms with Gasteiger partial charge in [-0.25, -0.2) is 19.4 Å². The molecule has 2 aromatic rings. The van der Waals surface area contributed by atoms with Crippen LogP contribution in [-0.2, 0) is 49.2 Å².